The van der Waals surface area contributed by atoms with Crippen molar-refractivity contribution in [1.82, 2.24) is 4.90 Å². The van der Waals surface area contributed by atoms with E-state index >= 15 is 0 Å². The third kappa shape index (κ3) is 4.44. The predicted octanol–water partition coefficient (Wildman–Crippen LogP) is 4.21. The fourth-order valence-corrected chi connectivity index (χ4v) is 4.14. The van der Waals surface area contributed by atoms with Gasteiger partial charge < -0.3 is 15.0 Å². The largest absolute Gasteiger partial charge is 0.481 e. The lowest BCUT2D eigenvalue weighted by atomic mass is 9.92. The number of nitrogens with one attached hydrogen (secondary N) is 1. The minimum Gasteiger partial charge on any atom is -0.481 e. The molecule has 2 aromatic carbocycles. The van der Waals surface area contributed by atoms with E-state index in [9.17, 15) is 9.59 Å². The maximum absolute atomic E-state index is 12.8. The summed E-state index contributed by atoms with van der Waals surface area (Å²) in [6, 6.07) is 13.3. The Morgan fingerprint density at radius 2 is 1.69 bits per heavy atom. The Bertz CT molecular complexity index is 903. The third-order valence-corrected chi connectivity index (χ3v) is 5.81. The number of hydrogen-bond donors (Lipinski definition) is 1. The highest BCUT2D eigenvalue weighted by molar-refractivity contribution is 6.04. The van der Waals surface area contributed by atoms with E-state index in [2.05, 4.69) is 17.4 Å². The molecule has 0 bridgehead atoms. The molecule has 29 heavy (non-hydrogen) atoms. The number of anilines is 1. The number of aryl methyl sites for hydroxylation is 2. The van der Waals surface area contributed by atoms with Gasteiger partial charge >= 0.3 is 0 Å². The third-order valence-electron chi connectivity index (χ3n) is 5.81. The summed E-state index contributed by atoms with van der Waals surface area (Å²) in [5.41, 5.74) is 3.77. The van der Waals surface area contributed by atoms with Gasteiger partial charge in [0.2, 0.25) is 0 Å². The zero-order chi connectivity index (χ0) is 20.2. The van der Waals surface area contributed by atoms with Crippen molar-refractivity contribution in [2.45, 2.75) is 51.6 Å². The number of rotatable bonds is 5. The zero-order valence-electron chi connectivity index (χ0n) is 16.9. The van der Waals surface area contributed by atoms with Crippen LogP contribution in [0.15, 0.2) is 42.5 Å². The first kappa shape index (κ1) is 19.5. The van der Waals surface area contributed by atoms with E-state index in [4.69, 9.17) is 4.74 Å². The van der Waals surface area contributed by atoms with E-state index in [0.29, 0.717) is 11.3 Å². The van der Waals surface area contributed by atoms with Gasteiger partial charge in [-0.05, 0) is 80.8 Å². The van der Waals surface area contributed by atoms with E-state index in [0.717, 1.165) is 44.5 Å². The van der Waals surface area contributed by atoms with Gasteiger partial charge in [0, 0.05) is 13.1 Å². The Morgan fingerprint density at radius 3 is 2.48 bits per heavy atom. The number of carbonyl (C=O) groups is 2. The standard InChI is InChI=1S/C24H28N2O3/c1-17(29-20-13-12-18-8-2-3-9-19(18)16-20)23(27)25-22-11-5-4-10-21(22)24(28)26-14-6-7-15-26/h4-5,10-13,16-17H,2-3,6-9,14-15H2,1H3,(H,25,27)/t17-/m1/s1. The molecule has 2 amide bonds. The van der Waals surface area contributed by atoms with Gasteiger partial charge in [0.25, 0.3) is 11.8 Å². The van der Waals surface area contributed by atoms with Crippen molar-refractivity contribution < 1.29 is 14.3 Å². The summed E-state index contributed by atoms with van der Waals surface area (Å²) in [5, 5.41) is 2.89. The molecule has 0 spiro atoms. The Morgan fingerprint density at radius 1 is 0.966 bits per heavy atom. The number of ether oxygens (including phenoxy) is 1. The Hall–Kier alpha value is -2.82. The molecule has 0 aromatic heterocycles. The van der Waals surface area contributed by atoms with Crippen LogP contribution in [0.2, 0.25) is 0 Å². The van der Waals surface area contributed by atoms with E-state index in [1.807, 2.05) is 23.1 Å². The van der Waals surface area contributed by atoms with Crippen LogP contribution in [-0.2, 0) is 17.6 Å². The van der Waals surface area contributed by atoms with Crippen LogP contribution < -0.4 is 10.1 Å². The van der Waals surface area contributed by atoms with Crippen molar-refractivity contribution in [3.63, 3.8) is 0 Å². The van der Waals surface area contributed by atoms with Crippen LogP contribution in [0.25, 0.3) is 0 Å². The molecule has 5 nitrogen and oxygen atoms in total. The van der Waals surface area contributed by atoms with E-state index in [1.54, 1.807) is 19.1 Å². The molecule has 152 valence electrons. The lowest BCUT2D eigenvalue weighted by molar-refractivity contribution is -0.122. The highest BCUT2D eigenvalue weighted by Gasteiger charge is 2.23. The Balaban J connectivity index is 1.43. The average Bonchev–Trinajstić information content (AvgIpc) is 3.28. The summed E-state index contributed by atoms with van der Waals surface area (Å²) in [7, 11) is 0. The lowest BCUT2D eigenvalue weighted by Crippen LogP contribution is -2.32. The molecular weight excluding hydrogens is 364 g/mol. The second-order valence-corrected chi connectivity index (χ2v) is 7.93. The molecule has 2 aliphatic rings. The number of nitrogens with zero attached hydrogens (tertiary/aromatic N) is 1. The van der Waals surface area contributed by atoms with Crippen LogP contribution in [0.1, 0.15) is 54.1 Å². The highest BCUT2D eigenvalue weighted by atomic mass is 16.5. The first-order valence-electron chi connectivity index (χ1n) is 10.6. The van der Waals surface area contributed by atoms with Crippen molar-refractivity contribution in [2.24, 2.45) is 0 Å². The van der Waals surface area contributed by atoms with Crippen LogP contribution in [0.4, 0.5) is 5.69 Å². The Labute approximate surface area is 172 Å². The summed E-state index contributed by atoms with van der Waals surface area (Å²) < 4.78 is 5.91. The van der Waals surface area contributed by atoms with E-state index in [-0.39, 0.29) is 11.8 Å². The van der Waals surface area contributed by atoms with Gasteiger partial charge in [0.1, 0.15) is 5.75 Å². The van der Waals surface area contributed by atoms with Crippen LogP contribution >= 0.6 is 0 Å². The molecule has 1 aliphatic heterocycles. The zero-order valence-corrected chi connectivity index (χ0v) is 16.9. The summed E-state index contributed by atoms with van der Waals surface area (Å²) in [6.07, 6.45) is 6.03. The molecule has 1 N–H and O–H groups in total. The normalized spacial score (nSPS) is 16.8. The number of benzene rings is 2. The maximum atomic E-state index is 12.8. The van der Waals surface area contributed by atoms with Crippen LogP contribution in [0.5, 0.6) is 5.75 Å². The maximum Gasteiger partial charge on any atom is 0.265 e. The van der Waals surface area contributed by atoms with Gasteiger partial charge in [-0.1, -0.05) is 18.2 Å². The first-order valence-corrected chi connectivity index (χ1v) is 10.6. The molecule has 1 heterocycles. The fraction of sp³-hybridized carbons (Fsp3) is 0.417. The minimum absolute atomic E-state index is 0.0262. The molecule has 1 aliphatic carbocycles. The smallest absolute Gasteiger partial charge is 0.265 e. The van der Waals surface area contributed by atoms with Gasteiger partial charge in [-0.25, -0.2) is 0 Å². The molecule has 4 rings (SSSR count). The molecule has 5 heteroatoms. The van der Waals surface area contributed by atoms with Gasteiger partial charge in [0.05, 0.1) is 11.3 Å². The van der Waals surface area contributed by atoms with Crippen LogP contribution in [-0.4, -0.2) is 35.9 Å². The summed E-state index contributed by atoms with van der Waals surface area (Å²) >= 11 is 0. The number of hydrogen-bond acceptors (Lipinski definition) is 3. The van der Waals surface area contributed by atoms with Gasteiger partial charge in [-0.2, -0.15) is 0 Å². The second kappa shape index (κ2) is 8.68. The monoisotopic (exact) mass is 392 g/mol. The molecule has 1 atom stereocenters. The molecule has 0 unspecified atom stereocenters. The predicted molar refractivity (Wildman–Crippen MR) is 113 cm³/mol. The molecule has 0 radical (unpaired) electrons. The van der Waals surface area contributed by atoms with Crippen molar-refractivity contribution in [3.05, 3.63) is 59.2 Å². The van der Waals surface area contributed by atoms with Crippen molar-refractivity contribution in [3.8, 4) is 5.75 Å². The number of likely N-dealkylation sites (tertiary alicyclic amines) is 1. The molecule has 1 fully saturated rings. The highest BCUT2D eigenvalue weighted by Crippen LogP contribution is 2.26. The summed E-state index contributed by atoms with van der Waals surface area (Å²) in [6.45, 7) is 3.29. The van der Waals surface area contributed by atoms with E-state index < -0.39 is 6.10 Å². The lowest BCUT2D eigenvalue weighted by Gasteiger charge is -2.20. The summed E-state index contributed by atoms with van der Waals surface area (Å²) in [5.74, 6) is 0.431. The SMILES string of the molecule is C[C@@H](Oc1ccc2c(c1)CCCC2)C(=O)Nc1ccccc1C(=O)N1CCCC1. The van der Waals surface area contributed by atoms with Gasteiger partial charge in [-0.3, -0.25) is 9.59 Å². The van der Waals surface area contributed by atoms with E-state index in [1.165, 1.54) is 24.0 Å². The molecular formula is C24H28N2O3. The van der Waals surface area contributed by atoms with Crippen molar-refractivity contribution in [1.29, 1.82) is 0 Å². The summed E-state index contributed by atoms with van der Waals surface area (Å²) in [4.78, 5) is 27.4. The molecule has 2 aromatic rings. The van der Waals surface area contributed by atoms with Crippen LogP contribution in [0, 0.1) is 0 Å². The van der Waals surface area contributed by atoms with Gasteiger partial charge in [-0.15, -0.1) is 0 Å². The minimum atomic E-state index is -0.661. The quantitative estimate of drug-likeness (QED) is 0.829. The topological polar surface area (TPSA) is 58.6 Å². The van der Waals surface area contributed by atoms with Crippen molar-refractivity contribution in [2.75, 3.05) is 18.4 Å². The first-order chi connectivity index (χ1) is 14.1. The number of fused-ring (bicyclic) bond motifs is 1. The fourth-order valence-electron chi connectivity index (χ4n) is 4.14. The number of carbonyl (C=O) groups excluding carboxylic acids is 2. The number of amides is 2. The van der Waals surface area contributed by atoms with Gasteiger partial charge in [0.15, 0.2) is 6.10 Å². The number of para-hydroxylation sites is 1. The molecule has 1 saturated heterocycles. The average molecular weight is 392 g/mol. The Kier molecular flexibility index (Phi) is 5.84. The second-order valence-electron chi connectivity index (χ2n) is 7.93. The molecule has 0 saturated carbocycles. The van der Waals surface area contributed by atoms with Crippen LogP contribution in [0.3, 0.4) is 0 Å². The van der Waals surface area contributed by atoms with Crippen molar-refractivity contribution >= 4 is 17.5 Å².